The zero-order chi connectivity index (χ0) is 28.7. The van der Waals surface area contributed by atoms with Crippen molar-refractivity contribution in [3.05, 3.63) is 24.3 Å². The van der Waals surface area contributed by atoms with Crippen LogP contribution in [0.4, 0.5) is 10.5 Å². The van der Waals surface area contributed by atoms with Crippen molar-refractivity contribution in [2.24, 2.45) is 0 Å². The smallest absolute Gasteiger partial charge is 0.410 e. The Morgan fingerprint density at radius 3 is 1.86 bits per heavy atom. The molecule has 14 heteroatoms. The van der Waals surface area contributed by atoms with Gasteiger partial charge in [-0.3, -0.25) is 4.90 Å². The largest absolute Gasteiger partial charge is 0.506 e. The molecule has 14 radical (unpaired) electrons. The Bertz CT molecular complexity index is 838. The third-order valence-corrected chi connectivity index (χ3v) is 5.27. The second kappa shape index (κ2) is 13.5. The molecule has 7 nitrogen and oxygen atoms in total. The lowest BCUT2D eigenvalue weighted by atomic mass is 9.40. The number of piperazine rings is 1. The van der Waals surface area contributed by atoms with E-state index in [1.165, 1.54) is 0 Å². The summed E-state index contributed by atoms with van der Waals surface area (Å²) in [6.45, 7) is 14.3. The molecular weight excluding hydrogens is 458 g/mol. The quantitative estimate of drug-likeness (QED) is 0.460. The topological polar surface area (TPSA) is 54.5 Å². The first-order valence-electron chi connectivity index (χ1n) is 12.3. The van der Waals surface area contributed by atoms with Crippen molar-refractivity contribution in [2.75, 3.05) is 51.2 Å². The van der Waals surface area contributed by atoms with Crippen LogP contribution in [0.25, 0.3) is 0 Å². The molecule has 0 bridgehead atoms. The number of hydrogen-bond donors (Lipinski definition) is 0. The van der Waals surface area contributed by atoms with Crippen LogP contribution in [-0.4, -0.2) is 139 Å². The molecular formula is C23H34B7N3O4. The molecule has 37 heavy (non-hydrogen) atoms. The van der Waals surface area contributed by atoms with Crippen molar-refractivity contribution >= 4 is 66.7 Å². The minimum atomic E-state index is -2.28. The SMILES string of the molecule is CC.[B]C([B])([B])OC([B])([B])C([B])([B])Oc1ccc(N2CCN(CCN(C)C(=O)OC(C)(C)C)CC2)cc1. The maximum atomic E-state index is 12.1. The third-order valence-electron chi connectivity index (χ3n) is 5.27. The summed E-state index contributed by atoms with van der Waals surface area (Å²) in [7, 11) is 41.2. The number of ether oxygens (including phenoxy) is 3. The van der Waals surface area contributed by atoms with E-state index in [1.54, 1.807) is 24.1 Å². The molecule has 1 aliphatic heterocycles. The second-order valence-corrected chi connectivity index (χ2v) is 9.87. The lowest BCUT2D eigenvalue weighted by Crippen LogP contribution is -2.65. The Morgan fingerprint density at radius 1 is 0.892 bits per heavy atom. The molecule has 0 saturated carbocycles. The Labute approximate surface area is 232 Å². The van der Waals surface area contributed by atoms with Crippen LogP contribution in [0.15, 0.2) is 24.3 Å². The van der Waals surface area contributed by atoms with E-state index >= 15 is 0 Å². The van der Waals surface area contributed by atoms with Crippen LogP contribution in [0.5, 0.6) is 5.75 Å². The molecule has 1 saturated heterocycles. The van der Waals surface area contributed by atoms with Gasteiger partial charge in [0.25, 0.3) is 0 Å². The van der Waals surface area contributed by atoms with Gasteiger partial charge in [-0.2, -0.15) is 0 Å². The summed E-state index contributed by atoms with van der Waals surface area (Å²) in [5.74, 6) is 0.308. The van der Waals surface area contributed by atoms with Gasteiger partial charge in [0.15, 0.2) is 0 Å². The van der Waals surface area contributed by atoms with Crippen molar-refractivity contribution in [2.45, 2.75) is 56.3 Å². The summed E-state index contributed by atoms with van der Waals surface area (Å²) >= 11 is 0. The van der Waals surface area contributed by atoms with E-state index in [-0.39, 0.29) is 6.09 Å². The molecule has 0 atom stereocenters. The van der Waals surface area contributed by atoms with Crippen molar-refractivity contribution in [3.63, 3.8) is 0 Å². The Balaban J connectivity index is 0.00000334. The summed E-state index contributed by atoms with van der Waals surface area (Å²) in [6.07, 6.45) is -0.320. The molecule has 186 valence electrons. The van der Waals surface area contributed by atoms with Gasteiger partial charge in [-0.05, 0) is 50.3 Å². The number of rotatable bonds is 9. The Morgan fingerprint density at radius 2 is 1.41 bits per heavy atom. The fraction of sp³-hybridized carbons (Fsp3) is 0.696. The van der Waals surface area contributed by atoms with E-state index in [9.17, 15) is 4.79 Å². The number of carbonyl (C=O) groups is 1. The van der Waals surface area contributed by atoms with Gasteiger partial charge in [0.2, 0.25) is 0 Å². The van der Waals surface area contributed by atoms with Gasteiger partial charge in [0.1, 0.15) is 42.7 Å². The van der Waals surface area contributed by atoms with Crippen LogP contribution >= 0.6 is 0 Å². The van der Waals surface area contributed by atoms with Crippen molar-refractivity contribution < 1.29 is 19.0 Å². The number of nitrogens with zero attached hydrogens (tertiary/aromatic N) is 3. The van der Waals surface area contributed by atoms with Crippen LogP contribution in [0.3, 0.4) is 0 Å². The first-order chi connectivity index (χ1) is 16.9. The highest BCUT2D eigenvalue weighted by Gasteiger charge is 2.39. The maximum absolute atomic E-state index is 12.1. The van der Waals surface area contributed by atoms with E-state index in [0.29, 0.717) is 12.3 Å². The van der Waals surface area contributed by atoms with Crippen molar-refractivity contribution in [1.82, 2.24) is 9.80 Å². The Kier molecular flexibility index (Phi) is 12.2. The monoisotopic (exact) mass is 493 g/mol. The number of hydrogen-bond acceptors (Lipinski definition) is 6. The van der Waals surface area contributed by atoms with Crippen molar-refractivity contribution in [1.29, 1.82) is 0 Å². The lowest BCUT2D eigenvalue weighted by molar-refractivity contribution is 0.00241. The van der Waals surface area contributed by atoms with E-state index in [2.05, 4.69) is 9.80 Å². The predicted molar refractivity (Wildman–Crippen MR) is 155 cm³/mol. The fourth-order valence-corrected chi connectivity index (χ4v) is 3.32. The molecule has 1 aromatic rings. The summed E-state index contributed by atoms with van der Waals surface area (Å²) in [4.78, 5) is 18.3. The highest BCUT2D eigenvalue weighted by molar-refractivity contribution is 6.59. The molecule has 0 N–H and O–H groups in total. The van der Waals surface area contributed by atoms with Gasteiger partial charge >= 0.3 is 6.09 Å². The number of likely N-dealkylation sites (N-methyl/N-ethyl adjacent to an activating group) is 1. The van der Waals surface area contributed by atoms with Gasteiger partial charge in [0, 0.05) is 62.8 Å². The summed E-state index contributed by atoms with van der Waals surface area (Å²) in [5.41, 5.74) is 0.486. The molecule has 1 fully saturated rings. The zero-order valence-corrected chi connectivity index (χ0v) is 23.1. The standard InChI is InChI=1S/C21H28B7N3O4.C2H6/c1-18(2,3)34-17(32)29(4)9-10-30-11-13-31(14-12-30)15-5-7-16(8-6-15)33-19(22,23)20(24,25)35-21(26,27)28;1-2/h5-8H,9-14H2,1-4H3;1-2H3. The molecule has 0 aliphatic carbocycles. The summed E-state index contributed by atoms with van der Waals surface area (Å²) < 4.78 is 15.8. The molecule has 0 aromatic heterocycles. The predicted octanol–water partition coefficient (Wildman–Crippen LogP) is 0.196. The summed E-state index contributed by atoms with van der Waals surface area (Å²) in [5, 5.41) is -6.62. The van der Waals surface area contributed by atoms with Gasteiger partial charge < -0.3 is 24.0 Å². The van der Waals surface area contributed by atoms with Gasteiger partial charge in [0.05, 0.1) is 23.5 Å². The van der Waals surface area contributed by atoms with E-state index in [4.69, 9.17) is 69.1 Å². The average molecular weight is 492 g/mol. The molecule has 0 spiro atoms. The normalized spacial score (nSPS) is 15.4. The molecule has 1 heterocycles. The first kappa shape index (κ1) is 33.5. The fourth-order valence-electron chi connectivity index (χ4n) is 3.32. The van der Waals surface area contributed by atoms with Crippen LogP contribution in [0.2, 0.25) is 0 Å². The molecule has 1 aromatic carbocycles. The zero-order valence-electron chi connectivity index (χ0n) is 23.1. The lowest BCUT2D eigenvalue weighted by Gasteiger charge is -2.48. The summed E-state index contributed by atoms with van der Waals surface area (Å²) in [6, 6.07) is 7.10. The van der Waals surface area contributed by atoms with Crippen LogP contribution < -0.4 is 9.64 Å². The Hall–Kier alpha value is -1.54. The number of carbonyl (C=O) groups excluding carboxylic acids is 1. The molecule has 1 aliphatic rings. The third kappa shape index (κ3) is 11.4. The highest BCUT2D eigenvalue weighted by Crippen LogP contribution is 2.27. The highest BCUT2D eigenvalue weighted by atomic mass is 16.6. The van der Waals surface area contributed by atoms with Crippen LogP contribution in [0.1, 0.15) is 34.6 Å². The average Bonchev–Trinajstić information content (AvgIpc) is 2.76. The number of anilines is 1. The first-order valence-corrected chi connectivity index (χ1v) is 12.3. The molecule has 2 rings (SSSR count). The second-order valence-electron chi connectivity index (χ2n) is 9.87. The van der Waals surface area contributed by atoms with E-state index in [0.717, 1.165) is 38.4 Å². The van der Waals surface area contributed by atoms with E-state index in [1.807, 2.05) is 46.8 Å². The van der Waals surface area contributed by atoms with Crippen LogP contribution in [0, 0.1) is 0 Å². The molecule has 1 amide bonds. The van der Waals surface area contributed by atoms with Crippen molar-refractivity contribution in [3.8, 4) is 5.75 Å². The number of benzene rings is 1. The maximum Gasteiger partial charge on any atom is 0.410 e. The van der Waals surface area contributed by atoms with E-state index < -0.39 is 21.7 Å². The number of amides is 1. The van der Waals surface area contributed by atoms with Gasteiger partial charge in [-0.25, -0.2) is 4.79 Å². The van der Waals surface area contributed by atoms with Gasteiger partial charge in [-0.15, -0.1) is 0 Å². The van der Waals surface area contributed by atoms with Crippen LogP contribution in [-0.2, 0) is 9.47 Å². The minimum Gasteiger partial charge on any atom is -0.506 e. The minimum absolute atomic E-state index is 0.308. The van der Waals surface area contributed by atoms with Gasteiger partial charge in [-0.1, -0.05) is 13.8 Å². The molecule has 0 unspecified atom stereocenters.